The van der Waals surface area contributed by atoms with Crippen molar-refractivity contribution in [2.24, 2.45) is 4.99 Å². The first-order valence-corrected chi connectivity index (χ1v) is 4.35. The maximum Gasteiger partial charge on any atom is 0.0579 e. The molecule has 0 aromatic carbocycles. The summed E-state index contributed by atoms with van der Waals surface area (Å²) < 4.78 is 0. The lowest BCUT2D eigenvalue weighted by Crippen LogP contribution is -2.31. The van der Waals surface area contributed by atoms with E-state index in [1.807, 2.05) is 0 Å². The molecule has 1 saturated heterocycles. The van der Waals surface area contributed by atoms with Gasteiger partial charge in [-0.3, -0.25) is 4.99 Å². The quantitative estimate of drug-likeness (QED) is 0.556. The van der Waals surface area contributed by atoms with E-state index in [2.05, 4.69) is 17.2 Å². The van der Waals surface area contributed by atoms with Gasteiger partial charge in [0, 0.05) is 13.1 Å². The predicted molar refractivity (Wildman–Crippen MR) is 46.9 cm³/mol. The molecule has 0 unspecified atom stereocenters. The Kier molecular flexibility index (Phi) is 1.68. The summed E-state index contributed by atoms with van der Waals surface area (Å²) in [6.07, 6.45) is 3.57. The van der Waals surface area contributed by atoms with Gasteiger partial charge in [0.1, 0.15) is 0 Å². The highest BCUT2D eigenvalue weighted by molar-refractivity contribution is 6.01. The van der Waals surface area contributed by atoms with Crippen LogP contribution in [0.5, 0.6) is 0 Å². The maximum atomic E-state index is 4.50. The van der Waals surface area contributed by atoms with Gasteiger partial charge in [-0.1, -0.05) is 0 Å². The third kappa shape index (κ3) is 1.17. The van der Waals surface area contributed by atoms with Crippen molar-refractivity contribution < 1.29 is 0 Å². The Hall–Kier alpha value is -0.790. The minimum atomic E-state index is 1.01. The van der Waals surface area contributed by atoms with Crippen molar-refractivity contribution in [1.82, 2.24) is 5.32 Å². The van der Waals surface area contributed by atoms with Gasteiger partial charge in [-0.25, -0.2) is 0 Å². The summed E-state index contributed by atoms with van der Waals surface area (Å²) >= 11 is 0. The van der Waals surface area contributed by atoms with Crippen molar-refractivity contribution in [2.75, 3.05) is 13.1 Å². The minimum Gasteiger partial charge on any atom is -0.384 e. The monoisotopic (exact) mass is 150 g/mol. The molecule has 2 rings (SSSR count). The SMILES string of the molecule is CC1=C2NCCCC2=NCC1. The molecule has 0 aromatic heterocycles. The van der Waals surface area contributed by atoms with Crippen LogP contribution in [0, 0.1) is 0 Å². The molecule has 11 heavy (non-hydrogen) atoms. The fourth-order valence-corrected chi connectivity index (χ4v) is 1.74. The molecule has 1 fully saturated rings. The average Bonchev–Trinajstić information content (AvgIpc) is 2.06. The van der Waals surface area contributed by atoms with Crippen molar-refractivity contribution in [3.63, 3.8) is 0 Å². The molecule has 0 atom stereocenters. The van der Waals surface area contributed by atoms with Crippen molar-refractivity contribution in [3.8, 4) is 0 Å². The molecule has 0 bridgehead atoms. The summed E-state index contributed by atoms with van der Waals surface area (Å²) in [5, 5.41) is 3.42. The van der Waals surface area contributed by atoms with E-state index in [1.54, 1.807) is 0 Å². The summed E-state index contributed by atoms with van der Waals surface area (Å²) in [4.78, 5) is 4.50. The molecular formula is C9H14N2. The number of allylic oxidation sites excluding steroid dienone is 1. The smallest absolute Gasteiger partial charge is 0.0579 e. The number of hydrogen-bond donors (Lipinski definition) is 1. The van der Waals surface area contributed by atoms with E-state index in [0.717, 1.165) is 19.5 Å². The van der Waals surface area contributed by atoms with Crippen LogP contribution in [-0.2, 0) is 0 Å². The zero-order valence-electron chi connectivity index (χ0n) is 6.98. The first-order valence-electron chi connectivity index (χ1n) is 4.35. The van der Waals surface area contributed by atoms with Crippen molar-refractivity contribution >= 4 is 5.71 Å². The number of piperidine rings is 1. The van der Waals surface area contributed by atoms with E-state index in [0.29, 0.717) is 0 Å². The van der Waals surface area contributed by atoms with Crippen LogP contribution < -0.4 is 5.32 Å². The van der Waals surface area contributed by atoms with E-state index >= 15 is 0 Å². The van der Waals surface area contributed by atoms with Gasteiger partial charge < -0.3 is 5.32 Å². The van der Waals surface area contributed by atoms with Crippen LogP contribution in [0.15, 0.2) is 16.3 Å². The first kappa shape index (κ1) is 6.89. The molecule has 2 aliphatic rings. The lowest BCUT2D eigenvalue weighted by Gasteiger charge is -2.24. The number of dihydropyridines is 1. The number of nitrogens with one attached hydrogen (secondary N) is 1. The van der Waals surface area contributed by atoms with Crippen molar-refractivity contribution in [1.29, 1.82) is 0 Å². The zero-order chi connectivity index (χ0) is 7.68. The van der Waals surface area contributed by atoms with E-state index in [4.69, 9.17) is 0 Å². The van der Waals surface area contributed by atoms with Crippen LogP contribution in [0.4, 0.5) is 0 Å². The second-order valence-corrected chi connectivity index (χ2v) is 3.26. The average molecular weight is 150 g/mol. The predicted octanol–water partition coefficient (Wildman–Crippen LogP) is 1.49. The van der Waals surface area contributed by atoms with Gasteiger partial charge in [-0.15, -0.1) is 0 Å². The molecule has 0 amide bonds. The third-order valence-corrected chi connectivity index (χ3v) is 2.40. The Morgan fingerprint density at radius 2 is 2.27 bits per heavy atom. The fraction of sp³-hybridized carbons (Fsp3) is 0.667. The number of aliphatic imine (C=N–C) groups is 1. The van der Waals surface area contributed by atoms with Crippen LogP contribution in [-0.4, -0.2) is 18.8 Å². The highest BCUT2D eigenvalue weighted by Gasteiger charge is 2.17. The Morgan fingerprint density at radius 1 is 1.36 bits per heavy atom. The van der Waals surface area contributed by atoms with Crippen molar-refractivity contribution in [2.45, 2.75) is 26.2 Å². The lowest BCUT2D eigenvalue weighted by atomic mass is 9.99. The molecule has 2 heterocycles. The maximum absolute atomic E-state index is 4.50. The van der Waals surface area contributed by atoms with Gasteiger partial charge in [-0.05, 0) is 31.8 Å². The number of nitrogens with zero attached hydrogens (tertiary/aromatic N) is 1. The van der Waals surface area contributed by atoms with Gasteiger partial charge in [0.2, 0.25) is 0 Å². The van der Waals surface area contributed by atoms with E-state index < -0.39 is 0 Å². The van der Waals surface area contributed by atoms with E-state index in [1.165, 1.54) is 29.8 Å². The highest BCUT2D eigenvalue weighted by Crippen LogP contribution is 2.19. The topological polar surface area (TPSA) is 24.4 Å². The second kappa shape index (κ2) is 2.68. The van der Waals surface area contributed by atoms with E-state index in [9.17, 15) is 0 Å². The van der Waals surface area contributed by atoms with Gasteiger partial charge in [0.05, 0.1) is 11.4 Å². The van der Waals surface area contributed by atoms with Crippen LogP contribution in [0.25, 0.3) is 0 Å². The minimum absolute atomic E-state index is 1.01. The Balaban J connectivity index is 2.29. The van der Waals surface area contributed by atoms with Gasteiger partial charge in [0.15, 0.2) is 0 Å². The molecule has 2 nitrogen and oxygen atoms in total. The number of fused-ring (bicyclic) bond motifs is 1. The zero-order valence-corrected chi connectivity index (χ0v) is 6.98. The normalized spacial score (nSPS) is 23.9. The molecule has 2 aliphatic heterocycles. The molecule has 0 aromatic rings. The first-order chi connectivity index (χ1) is 5.38. The molecule has 0 spiro atoms. The Labute approximate surface area is 67.4 Å². The van der Waals surface area contributed by atoms with Gasteiger partial charge in [-0.2, -0.15) is 0 Å². The molecule has 1 N–H and O–H groups in total. The van der Waals surface area contributed by atoms with Gasteiger partial charge in [0.25, 0.3) is 0 Å². The summed E-state index contributed by atoms with van der Waals surface area (Å²) in [6, 6.07) is 0. The molecule has 60 valence electrons. The highest BCUT2D eigenvalue weighted by atomic mass is 14.9. The summed E-state index contributed by atoms with van der Waals surface area (Å²) in [5.41, 5.74) is 4.16. The number of rotatable bonds is 0. The summed E-state index contributed by atoms with van der Waals surface area (Å²) in [7, 11) is 0. The third-order valence-electron chi connectivity index (χ3n) is 2.40. The van der Waals surface area contributed by atoms with Crippen LogP contribution in [0.2, 0.25) is 0 Å². The Bertz CT molecular complexity index is 226. The Morgan fingerprint density at radius 3 is 3.09 bits per heavy atom. The molecule has 0 aliphatic carbocycles. The molecule has 0 radical (unpaired) electrons. The standard InChI is InChI=1S/C9H14N2/c1-7-4-6-10-8-3-2-5-11-9(7)8/h11H,2-6H2,1H3. The van der Waals surface area contributed by atoms with Crippen molar-refractivity contribution in [3.05, 3.63) is 11.3 Å². The lowest BCUT2D eigenvalue weighted by molar-refractivity contribution is 0.696. The molecule has 2 heteroatoms. The van der Waals surface area contributed by atoms with E-state index in [-0.39, 0.29) is 0 Å². The molecule has 0 saturated carbocycles. The summed E-state index contributed by atoms with van der Waals surface area (Å²) in [5.74, 6) is 0. The van der Waals surface area contributed by atoms with Gasteiger partial charge >= 0.3 is 0 Å². The second-order valence-electron chi connectivity index (χ2n) is 3.26. The summed E-state index contributed by atoms with van der Waals surface area (Å²) in [6.45, 7) is 4.35. The van der Waals surface area contributed by atoms with Crippen LogP contribution >= 0.6 is 0 Å². The van der Waals surface area contributed by atoms with Crippen LogP contribution in [0.1, 0.15) is 26.2 Å². The number of hydrogen-bond acceptors (Lipinski definition) is 2. The fourth-order valence-electron chi connectivity index (χ4n) is 1.74. The molecular weight excluding hydrogens is 136 g/mol. The van der Waals surface area contributed by atoms with Crippen LogP contribution in [0.3, 0.4) is 0 Å². The largest absolute Gasteiger partial charge is 0.384 e.